The van der Waals surface area contributed by atoms with Crippen molar-refractivity contribution >= 4 is 16.9 Å². The Morgan fingerprint density at radius 1 is 1.26 bits per heavy atom. The topological polar surface area (TPSA) is 71.1 Å². The number of aromatic amines is 1. The first-order chi connectivity index (χ1) is 11.2. The second-order valence-corrected chi connectivity index (χ2v) is 6.47. The summed E-state index contributed by atoms with van der Waals surface area (Å²) in [7, 11) is 0. The predicted molar refractivity (Wildman–Crippen MR) is 86.1 cm³/mol. The number of ether oxygens (including phenoxy) is 1. The van der Waals surface area contributed by atoms with E-state index < -0.39 is 0 Å². The fraction of sp³-hybridized carbons (Fsp3) is 0.471. The lowest BCUT2D eigenvalue weighted by Crippen LogP contribution is -2.48. The minimum atomic E-state index is -0.158. The number of likely N-dealkylation sites (tertiary alicyclic amines) is 1. The largest absolute Gasteiger partial charge is 0.370 e. The highest BCUT2D eigenvalue weighted by molar-refractivity contribution is 5.97. The summed E-state index contributed by atoms with van der Waals surface area (Å²) < 4.78 is 6.02. The third-order valence-corrected chi connectivity index (χ3v) is 4.86. The number of carbonyl (C=O) groups excluding carboxylic acids is 1. The summed E-state index contributed by atoms with van der Waals surface area (Å²) in [4.78, 5) is 14.6. The second kappa shape index (κ2) is 5.45. The third-order valence-electron chi connectivity index (χ3n) is 4.86. The lowest BCUT2D eigenvalue weighted by molar-refractivity contribution is -0.0522. The molecule has 2 aliphatic heterocycles. The Morgan fingerprint density at radius 3 is 2.83 bits per heavy atom. The van der Waals surface area contributed by atoms with Gasteiger partial charge in [0.05, 0.1) is 12.2 Å². The molecule has 0 aliphatic carbocycles. The number of nitrogens with zero attached hydrogens (tertiary/aromatic N) is 3. The lowest BCUT2D eigenvalue weighted by Gasteiger charge is -2.42. The van der Waals surface area contributed by atoms with Gasteiger partial charge in [-0.25, -0.2) is 0 Å². The summed E-state index contributed by atoms with van der Waals surface area (Å²) in [5.41, 5.74) is 3.40. The molecular formula is C17H20N4O2. The fourth-order valence-electron chi connectivity index (χ4n) is 3.51. The van der Waals surface area contributed by atoms with E-state index in [-0.39, 0.29) is 11.5 Å². The van der Waals surface area contributed by atoms with Crippen LogP contribution in [0.5, 0.6) is 0 Å². The summed E-state index contributed by atoms with van der Waals surface area (Å²) >= 11 is 0. The molecule has 23 heavy (non-hydrogen) atoms. The van der Waals surface area contributed by atoms with Crippen LogP contribution in [0.4, 0.5) is 0 Å². The molecular weight excluding hydrogens is 292 g/mol. The van der Waals surface area contributed by atoms with Crippen molar-refractivity contribution in [1.82, 2.24) is 20.3 Å². The van der Waals surface area contributed by atoms with Gasteiger partial charge in [-0.15, -0.1) is 0 Å². The number of piperidine rings is 1. The maximum absolute atomic E-state index is 12.7. The molecule has 1 N–H and O–H groups in total. The Morgan fingerprint density at radius 2 is 2.04 bits per heavy atom. The molecule has 6 heteroatoms. The van der Waals surface area contributed by atoms with Crippen molar-refractivity contribution < 1.29 is 9.53 Å². The van der Waals surface area contributed by atoms with Crippen LogP contribution < -0.4 is 0 Å². The minimum Gasteiger partial charge on any atom is -0.370 e. The van der Waals surface area contributed by atoms with Crippen molar-refractivity contribution in [3.63, 3.8) is 0 Å². The van der Waals surface area contributed by atoms with Crippen molar-refractivity contribution in [2.24, 2.45) is 0 Å². The molecule has 1 aromatic heterocycles. The average Bonchev–Trinajstić information content (AvgIpc) is 3.02. The normalized spacial score (nSPS) is 20.7. The average molecular weight is 312 g/mol. The number of rotatable bonds is 1. The molecule has 0 atom stereocenters. The summed E-state index contributed by atoms with van der Waals surface area (Å²) in [5.74, 6) is 0.0567. The van der Waals surface area contributed by atoms with E-state index >= 15 is 0 Å². The maximum Gasteiger partial charge on any atom is 0.253 e. The summed E-state index contributed by atoms with van der Waals surface area (Å²) in [6.45, 7) is 4.40. The number of benzene rings is 1. The van der Waals surface area contributed by atoms with Gasteiger partial charge in [-0.2, -0.15) is 15.4 Å². The zero-order valence-electron chi connectivity index (χ0n) is 13.2. The molecule has 2 aromatic rings. The molecule has 3 heterocycles. The van der Waals surface area contributed by atoms with Gasteiger partial charge in [0.15, 0.2) is 0 Å². The van der Waals surface area contributed by atoms with Gasteiger partial charge >= 0.3 is 0 Å². The summed E-state index contributed by atoms with van der Waals surface area (Å²) in [5, 5.41) is 10.6. The smallest absolute Gasteiger partial charge is 0.253 e. The van der Waals surface area contributed by atoms with Crippen molar-refractivity contribution in [3.8, 4) is 0 Å². The molecule has 1 aromatic carbocycles. The number of hydrogen-bond donors (Lipinski definition) is 1. The molecule has 1 fully saturated rings. The highest BCUT2D eigenvalue weighted by Crippen LogP contribution is 2.33. The van der Waals surface area contributed by atoms with Crippen LogP contribution in [0, 0.1) is 0 Å². The second-order valence-electron chi connectivity index (χ2n) is 6.47. The molecule has 120 valence electrons. The first-order valence-corrected chi connectivity index (χ1v) is 8.07. The summed E-state index contributed by atoms with van der Waals surface area (Å²) in [6.07, 6.45) is 5.01. The van der Waals surface area contributed by atoms with Crippen LogP contribution in [0.25, 0.3) is 11.0 Å². The molecule has 4 rings (SSSR count). The molecule has 6 nitrogen and oxygen atoms in total. The van der Waals surface area contributed by atoms with E-state index in [1.54, 1.807) is 6.07 Å². The molecule has 0 bridgehead atoms. The van der Waals surface area contributed by atoms with E-state index in [2.05, 4.69) is 28.4 Å². The van der Waals surface area contributed by atoms with Crippen LogP contribution in [0.2, 0.25) is 0 Å². The number of nitrogens with one attached hydrogen (secondary N) is 1. The van der Waals surface area contributed by atoms with E-state index in [0.717, 1.165) is 50.0 Å². The fourth-order valence-corrected chi connectivity index (χ4v) is 3.51. The quantitative estimate of drug-likeness (QED) is 0.820. The Bertz CT molecular complexity index is 772. The van der Waals surface area contributed by atoms with Gasteiger partial charge in [-0.05, 0) is 44.4 Å². The molecule has 0 radical (unpaired) electrons. The maximum atomic E-state index is 12.7. The number of H-pyrrole nitrogens is 1. The van der Waals surface area contributed by atoms with Crippen molar-refractivity contribution in [3.05, 3.63) is 35.4 Å². The first kappa shape index (κ1) is 14.4. The lowest BCUT2D eigenvalue weighted by atomic mass is 9.87. The van der Waals surface area contributed by atoms with Crippen molar-refractivity contribution in [2.75, 3.05) is 19.7 Å². The highest BCUT2D eigenvalue weighted by Gasteiger charge is 2.36. The van der Waals surface area contributed by atoms with Crippen LogP contribution in [-0.2, 0) is 4.74 Å². The van der Waals surface area contributed by atoms with Gasteiger partial charge in [0.1, 0.15) is 11.0 Å². The molecule has 1 amide bonds. The van der Waals surface area contributed by atoms with Gasteiger partial charge < -0.3 is 9.64 Å². The van der Waals surface area contributed by atoms with Crippen LogP contribution >= 0.6 is 0 Å². The van der Waals surface area contributed by atoms with Crippen LogP contribution in [0.1, 0.15) is 36.5 Å². The van der Waals surface area contributed by atoms with E-state index in [9.17, 15) is 4.79 Å². The van der Waals surface area contributed by atoms with Gasteiger partial charge in [0.2, 0.25) is 0 Å². The molecule has 1 saturated heterocycles. The number of carbonyl (C=O) groups is 1. The van der Waals surface area contributed by atoms with E-state index in [0.29, 0.717) is 5.56 Å². The Hall–Kier alpha value is -2.21. The van der Waals surface area contributed by atoms with Gasteiger partial charge in [0.25, 0.3) is 5.91 Å². The third kappa shape index (κ3) is 2.63. The van der Waals surface area contributed by atoms with Crippen molar-refractivity contribution in [2.45, 2.75) is 31.8 Å². The minimum absolute atomic E-state index is 0.0567. The SMILES string of the molecule is CC1=CC2(CCN(C(=O)c3ccc4n[nH]nc4c3)CC2)OCC1. The van der Waals surface area contributed by atoms with E-state index in [4.69, 9.17) is 4.74 Å². The van der Waals surface area contributed by atoms with Crippen LogP contribution in [0.15, 0.2) is 29.8 Å². The Kier molecular flexibility index (Phi) is 3.41. The number of fused-ring (bicyclic) bond motifs is 1. The first-order valence-electron chi connectivity index (χ1n) is 8.07. The summed E-state index contributed by atoms with van der Waals surface area (Å²) in [6, 6.07) is 5.44. The zero-order chi connectivity index (χ0) is 15.9. The van der Waals surface area contributed by atoms with E-state index in [1.165, 1.54) is 5.57 Å². The number of aromatic nitrogens is 3. The van der Waals surface area contributed by atoms with E-state index in [1.807, 2.05) is 17.0 Å². The molecule has 2 aliphatic rings. The molecule has 1 spiro atoms. The van der Waals surface area contributed by atoms with Crippen molar-refractivity contribution in [1.29, 1.82) is 0 Å². The highest BCUT2D eigenvalue weighted by atomic mass is 16.5. The predicted octanol–water partition coefficient (Wildman–Crippen LogP) is 2.30. The standard InChI is InChI=1S/C17H20N4O2/c1-12-4-9-23-17(11-12)5-7-21(8-6-17)16(22)13-2-3-14-15(10-13)19-20-18-14/h2-3,10-11H,4-9H2,1H3,(H,18,19,20). The molecule has 0 saturated carbocycles. The zero-order valence-corrected chi connectivity index (χ0v) is 13.2. The monoisotopic (exact) mass is 312 g/mol. The Balaban J connectivity index is 1.49. The van der Waals surface area contributed by atoms with Gasteiger partial charge in [-0.3, -0.25) is 4.79 Å². The van der Waals surface area contributed by atoms with Gasteiger partial charge in [0, 0.05) is 18.7 Å². The number of amides is 1. The number of hydrogen-bond acceptors (Lipinski definition) is 4. The van der Waals surface area contributed by atoms with Gasteiger partial charge in [-0.1, -0.05) is 11.6 Å². The van der Waals surface area contributed by atoms with Crippen LogP contribution in [0.3, 0.4) is 0 Å². The van der Waals surface area contributed by atoms with Crippen LogP contribution in [-0.4, -0.2) is 51.5 Å². The Labute approximate surface area is 134 Å². The molecule has 0 unspecified atom stereocenters.